The van der Waals surface area contributed by atoms with E-state index in [2.05, 4.69) is 10.2 Å². The number of ether oxygens (including phenoxy) is 1. The highest BCUT2D eigenvalue weighted by Gasteiger charge is 2.31. The molecule has 10 heteroatoms. The van der Waals surface area contributed by atoms with E-state index in [1.54, 1.807) is 25.7 Å². The van der Waals surface area contributed by atoms with E-state index in [0.29, 0.717) is 32.7 Å². The van der Waals surface area contributed by atoms with E-state index >= 15 is 0 Å². The van der Waals surface area contributed by atoms with E-state index in [9.17, 15) is 27.9 Å². The lowest BCUT2D eigenvalue weighted by atomic mass is 10.1. The smallest absolute Gasteiger partial charge is 0.416 e. The number of aliphatic carboxylic acids is 1. The van der Waals surface area contributed by atoms with Crippen molar-refractivity contribution in [3.05, 3.63) is 35.4 Å². The first-order valence-electron chi connectivity index (χ1n) is 9.67. The molecule has 1 aliphatic heterocycles. The highest BCUT2D eigenvalue weighted by Crippen LogP contribution is 2.29. The third kappa shape index (κ3) is 7.49. The Bertz CT molecular complexity index is 724. The molecular weight excluding hydrogens is 403 g/mol. The maximum atomic E-state index is 12.7. The summed E-state index contributed by atoms with van der Waals surface area (Å²) in [5, 5.41) is 12.0. The number of amides is 1. The second-order valence-electron chi connectivity index (χ2n) is 8.24. The first-order chi connectivity index (χ1) is 13.8. The van der Waals surface area contributed by atoms with Crippen molar-refractivity contribution in [1.29, 1.82) is 0 Å². The number of nitrogens with zero attached hydrogens (tertiary/aromatic N) is 2. The molecule has 1 aromatic carbocycles. The summed E-state index contributed by atoms with van der Waals surface area (Å²) in [6.45, 7) is 7.63. The van der Waals surface area contributed by atoms with Crippen LogP contribution in [0.25, 0.3) is 0 Å². The van der Waals surface area contributed by atoms with E-state index in [0.717, 1.165) is 17.7 Å². The van der Waals surface area contributed by atoms with Crippen molar-refractivity contribution >= 4 is 12.1 Å². The Morgan fingerprint density at radius 2 is 1.67 bits per heavy atom. The molecule has 1 atom stereocenters. The van der Waals surface area contributed by atoms with Gasteiger partial charge in [-0.3, -0.25) is 14.6 Å². The van der Waals surface area contributed by atoms with Gasteiger partial charge in [0.25, 0.3) is 0 Å². The normalized spacial score (nSPS) is 17.4. The number of carboxylic acid groups (broad SMARTS) is 1. The Morgan fingerprint density at radius 3 is 2.13 bits per heavy atom. The summed E-state index contributed by atoms with van der Waals surface area (Å²) in [6.07, 6.45) is -5.03. The van der Waals surface area contributed by atoms with Crippen molar-refractivity contribution in [2.24, 2.45) is 0 Å². The summed E-state index contributed by atoms with van der Waals surface area (Å²) in [6, 6.07) is 4.16. The number of alkyl halides is 3. The molecule has 2 rings (SSSR count). The maximum Gasteiger partial charge on any atom is 0.416 e. The molecule has 0 spiro atoms. The molecule has 1 amide bonds. The molecule has 1 saturated heterocycles. The zero-order valence-corrected chi connectivity index (χ0v) is 17.3. The van der Waals surface area contributed by atoms with Gasteiger partial charge >= 0.3 is 18.2 Å². The van der Waals surface area contributed by atoms with Crippen LogP contribution in [0.3, 0.4) is 0 Å². The first-order valence-corrected chi connectivity index (χ1v) is 9.67. The minimum Gasteiger partial charge on any atom is -0.480 e. The Labute approximate surface area is 173 Å². The fourth-order valence-electron chi connectivity index (χ4n) is 3.16. The molecule has 0 aromatic heterocycles. The number of hydrogen-bond donors (Lipinski definition) is 2. The lowest BCUT2D eigenvalue weighted by molar-refractivity contribution is -0.144. The lowest BCUT2D eigenvalue weighted by Gasteiger charge is -2.37. The molecule has 0 bridgehead atoms. The highest BCUT2D eigenvalue weighted by molar-refractivity contribution is 5.75. The van der Waals surface area contributed by atoms with E-state index in [1.165, 1.54) is 12.1 Å². The van der Waals surface area contributed by atoms with Crippen molar-refractivity contribution in [1.82, 2.24) is 15.1 Å². The van der Waals surface area contributed by atoms with Gasteiger partial charge in [0, 0.05) is 39.3 Å². The summed E-state index contributed by atoms with van der Waals surface area (Å²) < 4.78 is 43.1. The van der Waals surface area contributed by atoms with Crippen LogP contribution in [0.2, 0.25) is 0 Å². The highest BCUT2D eigenvalue weighted by atomic mass is 19.4. The predicted octanol–water partition coefficient (Wildman–Crippen LogP) is 2.80. The van der Waals surface area contributed by atoms with Gasteiger partial charge in [-0.05, 0) is 38.5 Å². The number of carboxylic acids is 1. The van der Waals surface area contributed by atoms with Crippen molar-refractivity contribution in [3.63, 3.8) is 0 Å². The van der Waals surface area contributed by atoms with Crippen molar-refractivity contribution in [2.45, 2.75) is 45.1 Å². The fraction of sp³-hybridized carbons (Fsp3) is 0.600. The number of piperazine rings is 1. The van der Waals surface area contributed by atoms with Gasteiger partial charge in [0.2, 0.25) is 0 Å². The molecule has 30 heavy (non-hydrogen) atoms. The van der Waals surface area contributed by atoms with Gasteiger partial charge in [-0.25, -0.2) is 4.79 Å². The second-order valence-corrected chi connectivity index (χ2v) is 8.24. The third-order valence-electron chi connectivity index (χ3n) is 4.66. The van der Waals surface area contributed by atoms with Crippen molar-refractivity contribution in [2.75, 3.05) is 32.7 Å². The van der Waals surface area contributed by atoms with E-state index in [1.807, 2.05) is 0 Å². The predicted molar refractivity (Wildman–Crippen MR) is 104 cm³/mol. The zero-order chi connectivity index (χ0) is 22.5. The average molecular weight is 431 g/mol. The number of alkyl carbamates (subject to hydrolysis) is 1. The number of rotatable bonds is 6. The minimum atomic E-state index is -4.36. The first kappa shape index (κ1) is 23.9. The molecule has 0 aliphatic carbocycles. The van der Waals surface area contributed by atoms with Gasteiger partial charge in [0.05, 0.1) is 5.56 Å². The number of hydrogen-bond acceptors (Lipinski definition) is 5. The monoisotopic (exact) mass is 431 g/mol. The van der Waals surface area contributed by atoms with Gasteiger partial charge in [0.1, 0.15) is 11.6 Å². The summed E-state index contributed by atoms with van der Waals surface area (Å²) in [4.78, 5) is 27.3. The van der Waals surface area contributed by atoms with Crippen LogP contribution in [0.1, 0.15) is 31.9 Å². The summed E-state index contributed by atoms with van der Waals surface area (Å²) in [7, 11) is 0. The molecule has 7 nitrogen and oxygen atoms in total. The number of nitrogens with one attached hydrogen (secondary N) is 1. The Kier molecular flexibility index (Phi) is 7.70. The molecule has 0 unspecified atom stereocenters. The second kappa shape index (κ2) is 9.65. The van der Waals surface area contributed by atoms with Crippen LogP contribution in [-0.2, 0) is 22.3 Å². The molecule has 1 heterocycles. The van der Waals surface area contributed by atoms with Crippen LogP contribution >= 0.6 is 0 Å². The van der Waals surface area contributed by atoms with Crippen LogP contribution in [0.15, 0.2) is 24.3 Å². The molecule has 0 radical (unpaired) electrons. The van der Waals surface area contributed by atoms with E-state index < -0.39 is 35.4 Å². The Balaban J connectivity index is 1.85. The lowest BCUT2D eigenvalue weighted by Crippen LogP contribution is -2.56. The Morgan fingerprint density at radius 1 is 1.10 bits per heavy atom. The zero-order valence-electron chi connectivity index (χ0n) is 17.3. The van der Waals surface area contributed by atoms with Crippen molar-refractivity contribution < 1.29 is 32.6 Å². The molecule has 168 valence electrons. The van der Waals surface area contributed by atoms with E-state index in [4.69, 9.17) is 4.74 Å². The molecule has 1 aliphatic rings. The number of carbonyl (C=O) groups excluding carboxylic acids is 1. The van der Waals surface area contributed by atoms with Crippen LogP contribution < -0.4 is 5.32 Å². The topological polar surface area (TPSA) is 82.1 Å². The van der Waals surface area contributed by atoms with Gasteiger partial charge in [0.15, 0.2) is 0 Å². The quantitative estimate of drug-likeness (QED) is 0.721. The van der Waals surface area contributed by atoms with Crippen molar-refractivity contribution in [3.8, 4) is 0 Å². The minimum absolute atomic E-state index is 0.0802. The van der Waals surface area contributed by atoms with Crippen LogP contribution in [0.5, 0.6) is 0 Å². The van der Waals surface area contributed by atoms with Gasteiger partial charge < -0.3 is 15.2 Å². The average Bonchev–Trinajstić information content (AvgIpc) is 2.61. The fourth-order valence-corrected chi connectivity index (χ4v) is 3.16. The molecule has 2 N–H and O–H groups in total. The Hall–Kier alpha value is -2.33. The molecule has 1 fully saturated rings. The van der Waals surface area contributed by atoms with E-state index in [-0.39, 0.29) is 6.54 Å². The van der Waals surface area contributed by atoms with Crippen LogP contribution in [0.4, 0.5) is 18.0 Å². The molecular formula is C20H28F3N3O4. The standard InChI is InChI=1S/C20H28F3N3O4/c1-19(2,3)30-18(29)24-12-16(17(27)28)26-10-8-25(9-11-26)13-14-4-6-15(7-5-14)20(21,22)23/h4-7,16H,8-13H2,1-3H3,(H,24,29)(H,27,28)/t16-/m0/s1. The van der Waals surface area contributed by atoms with Gasteiger partial charge in [-0.15, -0.1) is 0 Å². The largest absolute Gasteiger partial charge is 0.480 e. The molecule has 1 aromatic rings. The summed E-state index contributed by atoms with van der Waals surface area (Å²) >= 11 is 0. The summed E-state index contributed by atoms with van der Waals surface area (Å²) in [5.74, 6) is -1.04. The van der Waals surface area contributed by atoms with Gasteiger partial charge in [-0.2, -0.15) is 13.2 Å². The SMILES string of the molecule is CC(C)(C)OC(=O)NC[C@@H](C(=O)O)N1CCN(Cc2ccc(C(F)(F)F)cc2)CC1. The van der Waals surface area contributed by atoms with Gasteiger partial charge in [-0.1, -0.05) is 12.1 Å². The van der Waals surface area contributed by atoms with Crippen LogP contribution in [0, 0.1) is 0 Å². The summed E-state index contributed by atoms with van der Waals surface area (Å²) in [5.41, 5.74) is -0.595. The number of carbonyl (C=O) groups is 2. The number of halogens is 3. The van der Waals surface area contributed by atoms with Crippen LogP contribution in [-0.4, -0.2) is 71.3 Å². The molecule has 0 saturated carbocycles. The third-order valence-corrected chi connectivity index (χ3v) is 4.66. The maximum absolute atomic E-state index is 12.7. The number of benzene rings is 1.